The lowest BCUT2D eigenvalue weighted by atomic mass is 9.93. The Hall–Kier alpha value is -1.55. The first-order valence-electron chi connectivity index (χ1n) is 4.72. The molecule has 0 fully saturated rings. The van der Waals surface area contributed by atoms with Crippen LogP contribution in [-0.4, -0.2) is 49.9 Å². The van der Waals surface area contributed by atoms with Crippen LogP contribution in [0.2, 0.25) is 0 Å². The van der Waals surface area contributed by atoms with Gasteiger partial charge in [-0.1, -0.05) is 5.92 Å². The first-order chi connectivity index (χ1) is 7.84. The Kier molecular flexibility index (Phi) is 3.78. The third kappa shape index (κ3) is 2.26. The van der Waals surface area contributed by atoms with E-state index >= 15 is 0 Å². The van der Waals surface area contributed by atoms with Crippen LogP contribution < -0.4 is 0 Å². The third-order valence-electron chi connectivity index (χ3n) is 2.50. The summed E-state index contributed by atoms with van der Waals surface area (Å²) in [6, 6.07) is -1.27. The molecule has 2 atom stereocenters. The molecule has 7 heteroatoms. The molecule has 17 heavy (non-hydrogen) atoms. The lowest BCUT2D eigenvalue weighted by molar-refractivity contribution is -0.153. The van der Waals surface area contributed by atoms with Gasteiger partial charge in [-0.15, -0.1) is 5.92 Å². The number of aliphatic imine (C=N–C) groups is 1. The molecule has 1 rings (SSSR count). The molecule has 92 valence electrons. The number of carboxylic acid groups (broad SMARTS) is 2. The molecule has 6 nitrogen and oxygen atoms in total. The smallest absolute Gasteiger partial charge is 0.334 e. The maximum atomic E-state index is 11.2. The van der Waals surface area contributed by atoms with Gasteiger partial charge in [-0.25, -0.2) is 14.6 Å². The zero-order chi connectivity index (χ0) is 13.2. The van der Waals surface area contributed by atoms with E-state index in [1.807, 2.05) is 0 Å². The fraction of sp³-hybridized carbons (Fsp3) is 0.500. The Balaban J connectivity index is 3.16. The van der Waals surface area contributed by atoms with Crippen molar-refractivity contribution in [2.75, 3.05) is 6.54 Å². The van der Waals surface area contributed by atoms with Crippen molar-refractivity contribution in [3.05, 3.63) is 0 Å². The van der Waals surface area contributed by atoms with Gasteiger partial charge in [0.1, 0.15) is 0 Å². The molecule has 0 aromatic heterocycles. The number of aliphatic carboxylic acids is 2. The summed E-state index contributed by atoms with van der Waals surface area (Å²) in [6.45, 7) is 3.00. The fourth-order valence-corrected chi connectivity index (χ4v) is 2.28. The molecule has 1 heterocycles. The van der Waals surface area contributed by atoms with Crippen LogP contribution in [0.15, 0.2) is 4.99 Å². The number of hydrogen-bond acceptors (Lipinski definition) is 4. The minimum atomic E-state index is -1.71. The molecule has 0 radical (unpaired) electrons. The van der Waals surface area contributed by atoms with E-state index in [4.69, 9.17) is 10.2 Å². The van der Waals surface area contributed by atoms with Gasteiger partial charge in [-0.05, 0) is 29.8 Å². The van der Waals surface area contributed by atoms with Gasteiger partial charge in [0.2, 0.25) is 0 Å². The van der Waals surface area contributed by atoms with Crippen molar-refractivity contribution in [3.63, 3.8) is 0 Å². The summed E-state index contributed by atoms with van der Waals surface area (Å²) >= 11 is 3.07. The van der Waals surface area contributed by atoms with Crippen LogP contribution in [0.4, 0.5) is 0 Å². The van der Waals surface area contributed by atoms with E-state index in [0.29, 0.717) is 0 Å². The predicted octanol–water partition coefficient (Wildman–Crippen LogP) is 0.373. The van der Waals surface area contributed by atoms with Crippen molar-refractivity contribution in [2.45, 2.75) is 25.4 Å². The van der Waals surface area contributed by atoms with E-state index in [0.717, 1.165) is 0 Å². The summed E-state index contributed by atoms with van der Waals surface area (Å²) in [4.78, 5) is 27.5. The number of rotatable bonds is 3. The average Bonchev–Trinajstić information content (AvgIpc) is 2.48. The van der Waals surface area contributed by atoms with E-state index in [-0.39, 0.29) is 11.3 Å². The van der Waals surface area contributed by atoms with Crippen molar-refractivity contribution in [3.8, 4) is 11.8 Å². The summed E-state index contributed by atoms with van der Waals surface area (Å²) in [6.07, 6.45) is 0. The second kappa shape index (κ2) is 4.75. The van der Waals surface area contributed by atoms with Gasteiger partial charge in [0.15, 0.2) is 16.3 Å². The molecular formula is C10H11BrN2O4. The predicted molar refractivity (Wildman–Crippen MR) is 64.0 cm³/mol. The van der Waals surface area contributed by atoms with Crippen LogP contribution in [-0.2, 0) is 9.59 Å². The van der Waals surface area contributed by atoms with Gasteiger partial charge in [0, 0.05) is 0 Å². The van der Waals surface area contributed by atoms with E-state index in [2.05, 4.69) is 32.8 Å². The lowest BCUT2D eigenvalue weighted by Gasteiger charge is -2.27. The molecule has 0 spiro atoms. The Morgan fingerprint density at radius 3 is 2.59 bits per heavy atom. The van der Waals surface area contributed by atoms with Crippen LogP contribution in [0.25, 0.3) is 0 Å². The molecule has 0 aliphatic carbocycles. The number of hydrogen-bond donors (Lipinski definition) is 2. The largest absolute Gasteiger partial charge is 0.480 e. The highest BCUT2D eigenvalue weighted by Crippen LogP contribution is 2.30. The molecule has 2 N–H and O–H groups in total. The summed E-state index contributed by atoms with van der Waals surface area (Å²) in [5.74, 6) is 2.79. The van der Waals surface area contributed by atoms with Gasteiger partial charge in [0.25, 0.3) is 0 Å². The first-order valence-corrected chi connectivity index (χ1v) is 5.51. The highest BCUT2D eigenvalue weighted by Gasteiger charge is 2.54. The number of nitrogens with zero attached hydrogens (tertiary/aromatic N) is 2. The van der Waals surface area contributed by atoms with E-state index in [1.54, 1.807) is 6.92 Å². The van der Waals surface area contributed by atoms with Gasteiger partial charge in [-0.2, -0.15) is 0 Å². The van der Waals surface area contributed by atoms with Gasteiger partial charge < -0.3 is 15.1 Å². The minimum Gasteiger partial charge on any atom is -0.480 e. The van der Waals surface area contributed by atoms with Crippen LogP contribution >= 0.6 is 15.9 Å². The molecule has 2 unspecified atom stereocenters. The van der Waals surface area contributed by atoms with Crippen LogP contribution in [0.3, 0.4) is 0 Å². The summed E-state index contributed by atoms with van der Waals surface area (Å²) in [5.41, 5.74) is -1.71. The molecule has 0 saturated carbocycles. The Morgan fingerprint density at radius 2 is 2.18 bits per heavy atom. The van der Waals surface area contributed by atoms with Crippen LogP contribution in [0, 0.1) is 11.8 Å². The number of carbonyl (C=O) groups is 2. The van der Waals surface area contributed by atoms with E-state index < -0.39 is 23.5 Å². The molecule has 1 aliphatic rings. The number of halogens is 1. The quantitative estimate of drug-likeness (QED) is 0.581. The van der Waals surface area contributed by atoms with Crippen LogP contribution in [0.1, 0.15) is 13.8 Å². The second-order valence-corrected chi connectivity index (χ2v) is 4.34. The molecule has 0 amide bonds. The standard InChI is InChI=1S/C10H11BrN2O4/c1-3-4-5-13-6(7(14)15)10(2,8(16)17)12-9(13)11/h6H,5H2,1-2H3,(H,14,15)(H,16,17). The molecular weight excluding hydrogens is 292 g/mol. The Morgan fingerprint density at radius 1 is 1.59 bits per heavy atom. The highest BCUT2D eigenvalue weighted by atomic mass is 79.9. The van der Waals surface area contributed by atoms with Crippen molar-refractivity contribution >= 4 is 32.6 Å². The third-order valence-corrected chi connectivity index (χ3v) is 3.13. The molecule has 0 aromatic rings. The molecule has 1 aliphatic heterocycles. The highest BCUT2D eigenvalue weighted by molar-refractivity contribution is 9.18. The Bertz CT molecular complexity index is 451. The Labute approximate surface area is 106 Å². The van der Waals surface area contributed by atoms with Crippen molar-refractivity contribution < 1.29 is 19.8 Å². The SMILES string of the molecule is CC#CCN1C(Br)=NC(C)(C(=O)O)C1C(=O)O. The number of amidine groups is 1. The van der Waals surface area contributed by atoms with Crippen molar-refractivity contribution in [2.24, 2.45) is 4.99 Å². The zero-order valence-corrected chi connectivity index (χ0v) is 10.9. The topological polar surface area (TPSA) is 90.2 Å². The maximum absolute atomic E-state index is 11.2. The molecule has 0 bridgehead atoms. The normalized spacial score (nSPS) is 27.1. The van der Waals surface area contributed by atoms with Gasteiger partial charge in [0.05, 0.1) is 6.54 Å². The maximum Gasteiger partial charge on any atom is 0.334 e. The molecule has 0 saturated heterocycles. The summed E-state index contributed by atoms with van der Waals surface area (Å²) in [5, 5.41) is 18.2. The summed E-state index contributed by atoms with van der Waals surface area (Å²) < 4.78 is 0.192. The number of carboxylic acids is 2. The zero-order valence-electron chi connectivity index (χ0n) is 9.27. The second-order valence-electron chi connectivity index (χ2n) is 3.63. The average molecular weight is 303 g/mol. The van der Waals surface area contributed by atoms with Crippen molar-refractivity contribution in [1.82, 2.24) is 4.90 Å². The fourth-order valence-electron chi connectivity index (χ4n) is 1.59. The monoisotopic (exact) mass is 302 g/mol. The van der Waals surface area contributed by atoms with Gasteiger partial charge >= 0.3 is 11.9 Å². The first kappa shape index (κ1) is 13.5. The minimum absolute atomic E-state index is 0.112. The lowest BCUT2D eigenvalue weighted by Crippen LogP contribution is -2.54. The van der Waals surface area contributed by atoms with Crippen LogP contribution in [0.5, 0.6) is 0 Å². The van der Waals surface area contributed by atoms with Gasteiger partial charge in [-0.3, -0.25) is 0 Å². The van der Waals surface area contributed by atoms with Crippen molar-refractivity contribution in [1.29, 1.82) is 0 Å². The van der Waals surface area contributed by atoms with E-state index in [9.17, 15) is 9.59 Å². The van der Waals surface area contributed by atoms with E-state index in [1.165, 1.54) is 11.8 Å². The summed E-state index contributed by atoms with van der Waals surface area (Å²) in [7, 11) is 0. The molecule has 0 aromatic carbocycles.